The van der Waals surface area contributed by atoms with Crippen molar-refractivity contribution in [3.63, 3.8) is 0 Å². The topological polar surface area (TPSA) is 61.8 Å². The Hall–Kier alpha value is -1.62. The average molecular weight is 761 g/mol. The van der Waals surface area contributed by atoms with Crippen LogP contribution in [0.2, 0.25) is 0 Å². The first-order valence-corrected chi connectivity index (χ1v) is 23.9. The molecule has 0 radical (unpaired) electrons. The van der Waals surface area contributed by atoms with Gasteiger partial charge in [-0.2, -0.15) is 0 Å². The molecule has 0 bridgehead atoms. The van der Waals surface area contributed by atoms with Gasteiger partial charge in [-0.3, -0.25) is 9.59 Å². The molecule has 0 aliphatic carbocycles. The van der Waals surface area contributed by atoms with Crippen LogP contribution in [0.1, 0.15) is 252 Å². The molecule has 54 heavy (non-hydrogen) atoms. The van der Waals surface area contributed by atoms with Gasteiger partial charge in [0.05, 0.1) is 6.61 Å². The zero-order chi connectivity index (χ0) is 39.3. The van der Waals surface area contributed by atoms with Gasteiger partial charge in [0.1, 0.15) is 6.61 Å². The van der Waals surface area contributed by atoms with Crippen LogP contribution in [0.25, 0.3) is 0 Å². The summed E-state index contributed by atoms with van der Waals surface area (Å²) in [6.07, 6.45) is 51.9. The van der Waals surface area contributed by atoms with E-state index in [9.17, 15) is 9.59 Å². The van der Waals surface area contributed by atoms with Crippen molar-refractivity contribution < 1.29 is 23.8 Å². The Kier molecular flexibility index (Phi) is 44.4. The van der Waals surface area contributed by atoms with Crippen molar-refractivity contribution in [3.8, 4) is 0 Å². The van der Waals surface area contributed by atoms with Gasteiger partial charge in [-0.05, 0) is 51.4 Å². The zero-order valence-electron chi connectivity index (χ0n) is 36.5. The second-order valence-corrected chi connectivity index (χ2v) is 16.0. The fourth-order valence-corrected chi connectivity index (χ4v) is 6.89. The summed E-state index contributed by atoms with van der Waals surface area (Å²) in [6, 6.07) is 0. The Morgan fingerprint density at radius 2 is 0.778 bits per heavy atom. The van der Waals surface area contributed by atoms with Crippen LogP contribution >= 0.6 is 0 Å². The molecule has 0 heterocycles. The molecule has 1 unspecified atom stereocenters. The van der Waals surface area contributed by atoms with E-state index < -0.39 is 6.10 Å². The van der Waals surface area contributed by atoms with E-state index in [0.717, 1.165) is 51.4 Å². The van der Waals surface area contributed by atoms with E-state index in [4.69, 9.17) is 14.2 Å². The SMILES string of the molecule is CCCCC/C=C\C/C=C\CCCCCCCC(=O)OCC(COCCCCCCCCCCCCCCCCCC)OC(=O)CCCCCCCCC. The molecule has 5 heteroatoms. The van der Waals surface area contributed by atoms with Crippen molar-refractivity contribution in [2.75, 3.05) is 19.8 Å². The lowest BCUT2D eigenvalue weighted by Gasteiger charge is -2.18. The molecule has 0 aromatic heterocycles. The highest BCUT2D eigenvalue weighted by molar-refractivity contribution is 5.70. The van der Waals surface area contributed by atoms with Crippen molar-refractivity contribution in [1.82, 2.24) is 0 Å². The average Bonchev–Trinajstić information content (AvgIpc) is 3.17. The smallest absolute Gasteiger partial charge is 0.306 e. The van der Waals surface area contributed by atoms with Crippen molar-refractivity contribution in [1.29, 1.82) is 0 Å². The van der Waals surface area contributed by atoms with E-state index in [1.807, 2.05) is 0 Å². The van der Waals surface area contributed by atoms with Gasteiger partial charge in [-0.15, -0.1) is 0 Å². The van der Waals surface area contributed by atoms with Gasteiger partial charge in [0.2, 0.25) is 0 Å². The van der Waals surface area contributed by atoms with Crippen molar-refractivity contribution in [2.24, 2.45) is 0 Å². The number of allylic oxidation sites excluding steroid dienone is 4. The predicted molar refractivity (Wildman–Crippen MR) is 233 cm³/mol. The molecule has 1 atom stereocenters. The van der Waals surface area contributed by atoms with Gasteiger partial charge < -0.3 is 14.2 Å². The molecule has 0 amide bonds. The van der Waals surface area contributed by atoms with Gasteiger partial charge in [0, 0.05) is 19.4 Å². The zero-order valence-corrected chi connectivity index (χ0v) is 36.5. The third kappa shape index (κ3) is 43.1. The molecule has 0 N–H and O–H groups in total. The summed E-state index contributed by atoms with van der Waals surface area (Å²) in [7, 11) is 0. The Morgan fingerprint density at radius 1 is 0.407 bits per heavy atom. The van der Waals surface area contributed by atoms with Crippen molar-refractivity contribution >= 4 is 11.9 Å². The van der Waals surface area contributed by atoms with E-state index >= 15 is 0 Å². The Balaban J connectivity index is 4.12. The largest absolute Gasteiger partial charge is 0.462 e. The highest BCUT2D eigenvalue weighted by atomic mass is 16.6. The summed E-state index contributed by atoms with van der Waals surface area (Å²) in [6.45, 7) is 7.79. The van der Waals surface area contributed by atoms with Crippen LogP contribution in [-0.4, -0.2) is 37.9 Å². The summed E-state index contributed by atoms with van der Waals surface area (Å²) < 4.78 is 17.3. The number of unbranched alkanes of at least 4 members (excludes halogenated alkanes) is 29. The summed E-state index contributed by atoms with van der Waals surface area (Å²) in [5, 5.41) is 0. The molecule has 0 saturated carbocycles. The molecule has 0 aliphatic rings. The fraction of sp³-hybridized carbons (Fsp3) is 0.878. The van der Waals surface area contributed by atoms with Crippen LogP contribution in [0.4, 0.5) is 0 Å². The van der Waals surface area contributed by atoms with Crippen LogP contribution in [0, 0.1) is 0 Å². The third-order valence-electron chi connectivity index (χ3n) is 10.5. The summed E-state index contributed by atoms with van der Waals surface area (Å²) in [4.78, 5) is 25.1. The molecule has 318 valence electrons. The van der Waals surface area contributed by atoms with Crippen LogP contribution in [-0.2, 0) is 23.8 Å². The lowest BCUT2D eigenvalue weighted by Crippen LogP contribution is -2.30. The summed E-state index contributed by atoms with van der Waals surface area (Å²) in [5.41, 5.74) is 0. The Labute approximate surface area is 337 Å². The van der Waals surface area contributed by atoms with Crippen molar-refractivity contribution in [2.45, 2.75) is 258 Å². The van der Waals surface area contributed by atoms with Gasteiger partial charge in [-0.1, -0.05) is 212 Å². The number of carbonyl (C=O) groups is 2. The second kappa shape index (κ2) is 45.8. The summed E-state index contributed by atoms with van der Waals surface area (Å²) in [5.74, 6) is -0.407. The number of rotatable bonds is 44. The second-order valence-electron chi connectivity index (χ2n) is 16.0. The first-order valence-electron chi connectivity index (χ1n) is 23.9. The number of carbonyl (C=O) groups excluding carboxylic acids is 2. The lowest BCUT2D eigenvalue weighted by molar-refractivity contribution is -0.163. The third-order valence-corrected chi connectivity index (χ3v) is 10.5. The molecule has 0 aliphatic heterocycles. The molecule has 0 aromatic carbocycles. The number of hydrogen-bond acceptors (Lipinski definition) is 5. The molecule has 0 rings (SSSR count). The first-order chi connectivity index (χ1) is 26.6. The van der Waals surface area contributed by atoms with Crippen LogP contribution in [0.15, 0.2) is 24.3 Å². The summed E-state index contributed by atoms with van der Waals surface area (Å²) >= 11 is 0. The first kappa shape index (κ1) is 52.4. The maximum Gasteiger partial charge on any atom is 0.306 e. The quantitative estimate of drug-likeness (QED) is 0.0352. The van der Waals surface area contributed by atoms with Gasteiger partial charge in [0.25, 0.3) is 0 Å². The number of hydrogen-bond donors (Lipinski definition) is 0. The fourth-order valence-electron chi connectivity index (χ4n) is 6.89. The number of esters is 2. The van der Waals surface area contributed by atoms with Gasteiger partial charge >= 0.3 is 11.9 Å². The van der Waals surface area contributed by atoms with Crippen LogP contribution in [0.3, 0.4) is 0 Å². The predicted octanol–water partition coefficient (Wildman–Crippen LogP) is 15.7. The normalized spacial score (nSPS) is 12.3. The van der Waals surface area contributed by atoms with E-state index in [0.29, 0.717) is 26.1 Å². The minimum atomic E-state index is -0.531. The molecule has 5 nitrogen and oxygen atoms in total. The Morgan fingerprint density at radius 3 is 1.26 bits per heavy atom. The highest BCUT2D eigenvalue weighted by Gasteiger charge is 2.17. The highest BCUT2D eigenvalue weighted by Crippen LogP contribution is 2.15. The minimum Gasteiger partial charge on any atom is -0.462 e. The lowest BCUT2D eigenvalue weighted by atomic mass is 10.0. The number of ether oxygens (including phenoxy) is 3. The van der Waals surface area contributed by atoms with E-state index in [1.165, 1.54) is 167 Å². The minimum absolute atomic E-state index is 0.0841. The van der Waals surface area contributed by atoms with Gasteiger partial charge in [-0.25, -0.2) is 0 Å². The van der Waals surface area contributed by atoms with Gasteiger partial charge in [0.15, 0.2) is 6.10 Å². The van der Waals surface area contributed by atoms with E-state index in [1.54, 1.807) is 0 Å². The monoisotopic (exact) mass is 761 g/mol. The molecule has 0 aromatic rings. The molecule has 0 fully saturated rings. The van der Waals surface area contributed by atoms with Crippen molar-refractivity contribution in [3.05, 3.63) is 24.3 Å². The maximum atomic E-state index is 12.6. The standard InChI is InChI=1S/C49H92O5/c1-4-7-10-13-16-18-20-22-24-26-28-30-32-35-38-41-44-52-45-47(54-49(51)43-40-37-33-15-12-9-6-3)46-53-48(50)42-39-36-34-31-29-27-25-23-21-19-17-14-11-8-5-2/h17,19,23,25,47H,4-16,18,20-22,24,26-46H2,1-3H3/b19-17-,25-23-. The molecule has 0 saturated heterocycles. The molecule has 0 spiro atoms. The van der Waals surface area contributed by atoms with Crippen LogP contribution in [0.5, 0.6) is 0 Å². The van der Waals surface area contributed by atoms with E-state index in [-0.39, 0.29) is 18.5 Å². The Bertz CT molecular complexity index is 821. The molecular formula is C49H92O5. The maximum absolute atomic E-state index is 12.6. The van der Waals surface area contributed by atoms with Crippen LogP contribution < -0.4 is 0 Å². The molecular weight excluding hydrogens is 669 g/mol. The van der Waals surface area contributed by atoms with E-state index in [2.05, 4.69) is 45.1 Å².